The number of pyridine rings is 1. The van der Waals surface area contributed by atoms with Crippen LogP contribution in [0.15, 0.2) is 6.07 Å². The van der Waals surface area contributed by atoms with E-state index in [9.17, 15) is 8.78 Å². The van der Waals surface area contributed by atoms with Crippen molar-refractivity contribution in [2.24, 2.45) is 0 Å². The maximum absolute atomic E-state index is 12.6. The molecule has 0 aliphatic heterocycles. The third-order valence-electron chi connectivity index (χ3n) is 1.73. The smallest absolute Gasteiger partial charge is 0.264 e. The zero-order valence-electron chi connectivity index (χ0n) is 6.98. The van der Waals surface area contributed by atoms with Crippen LogP contribution in [0.4, 0.5) is 8.78 Å². The molecule has 78 valence electrons. The van der Waals surface area contributed by atoms with E-state index in [-0.39, 0.29) is 11.1 Å². The Hall–Kier alpha value is 0.180. The minimum absolute atomic E-state index is 0.138. The third-order valence-corrected chi connectivity index (χ3v) is 2.82. The molecule has 1 rings (SSSR count). The van der Waals surface area contributed by atoms with Crippen molar-refractivity contribution in [3.63, 3.8) is 0 Å². The number of hydrogen-bond acceptors (Lipinski definition) is 2. The number of aliphatic hydroxyl groups excluding tert-OH is 1. The normalized spacial score (nSPS) is 11.0. The van der Waals surface area contributed by atoms with Crippen LogP contribution in [0.25, 0.3) is 0 Å². The van der Waals surface area contributed by atoms with Gasteiger partial charge in [-0.2, -0.15) is 0 Å². The minimum atomic E-state index is -2.58. The average Bonchev–Trinajstić information content (AvgIpc) is 2.16. The molecule has 1 aromatic rings. The van der Waals surface area contributed by atoms with E-state index in [1.165, 1.54) is 6.07 Å². The summed E-state index contributed by atoms with van der Waals surface area (Å²) in [6.45, 7) is -0.412. The van der Waals surface area contributed by atoms with E-state index in [1.807, 2.05) is 22.6 Å². The zero-order valence-corrected chi connectivity index (χ0v) is 10.7. The molecule has 0 spiro atoms. The molecule has 0 saturated carbocycles. The molecule has 0 atom stereocenters. The first-order valence-electron chi connectivity index (χ1n) is 3.73. The standard InChI is InChI=1S/C8H7BrF2INO/c9-2-6-5(3-14)4(8(10)11)1-7(12)13-6/h1,8,14H,2-3H2. The Morgan fingerprint density at radius 1 is 1.57 bits per heavy atom. The summed E-state index contributed by atoms with van der Waals surface area (Å²) in [5, 5.41) is 9.33. The van der Waals surface area contributed by atoms with E-state index >= 15 is 0 Å². The third kappa shape index (κ3) is 2.60. The van der Waals surface area contributed by atoms with Crippen LogP contribution < -0.4 is 0 Å². The molecule has 14 heavy (non-hydrogen) atoms. The lowest BCUT2D eigenvalue weighted by Crippen LogP contribution is -2.04. The molecule has 0 fully saturated rings. The molecule has 0 saturated heterocycles. The summed E-state index contributed by atoms with van der Waals surface area (Å²) in [6, 6.07) is 1.29. The van der Waals surface area contributed by atoms with Crippen molar-refractivity contribution in [2.45, 2.75) is 18.4 Å². The summed E-state index contributed by atoms with van der Waals surface area (Å²) < 4.78 is 25.6. The topological polar surface area (TPSA) is 33.1 Å². The molecule has 1 aromatic heterocycles. The Morgan fingerprint density at radius 2 is 2.21 bits per heavy atom. The lowest BCUT2D eigenvalue weighted by molar-refractivity contribution is 0.146. The van der Waals surface area contributed by atoms with Gasteiger partial charge in [0.25, 0.3) is 6.43 Å². The molecule has 0 aromatic carbocycles. The lowest BCUT2D eigenvalue weighted by atomic mass is 10.1. The molecule has 1 N–H and O–H groups in total. The summed E-state index contributed by atoms with van der Waals surface area (Å²) in [7, 11) is 0. The summed E-state index contributed by atoms with van der Waals surface area (Å²) in [5.41, 5.74) is 0.549. The van der Waals surface area contributed by atoms with Gasteiger partial charge < -0.3 is 5.11 Å². The van der Waals surface area contributed by atoms with Crippen LogP contribution in [-0.2, 0) is 11.9 Å². The van der Waals surface area contributed by atoms with E-state index in [0.29, 0.717) is 14.7 Å². The Kier molecular flexibility index (Phi) is 4.65. The van der Waals surface area contributed by atoms with E-state index in [1.54, 1.807) is 0 Å². The molecule has 0 bridgehead atoms. The van der Waals surface area contributed by atoms with E-state index in [0.717, 1.165) is 0 Å². The predicted molar refractivity (Wildman–Crippen MR) is 60.5 cm³/mol. The van der Waals surface area contributed by atoms with Gasteiger partial charge in [-0.05, 0) is 28.7 Å². The molecule has 0 amide bonds. The van der Waals surface area contributed by atoms with Gasteiger partial charge in [-0.25, -0.2) is 13.8 Å². The second-order valence-electron chi connectivity index (χ2n) is 2.55. The van der Waals surface area contributed by atoms with E-state index in [4.69, 9.17) is 5.11 Å². The SMILES string of the molecule is OCc1c(C(F)F)cc(I)nc1CBr. The van der Waals surface area contributed by atoms with Gasteiger partial charge in [0.15, 0.2) is 0 Å². The van der Waals surface area contributed by atoms with Gasteiger partial charge >= 0.3 is 0 Å². The number of alkyl halides is 3. The first-order valence-corrected chi connectivity index (χ1v) is 5.93. The molecule has 2 nitrogen and oxygen atoms in total. The Morgan fingerprint density at radius 3 is 2.64 bits per heavy atom. The van der Waals surface area contributed by atoms with Gasteiger partial charge in [0.1, 0.15) is 3.70 Å². The highest BCUT2D eigenvalue weighted by Gasteiger charge is 2.17. The number of halogens is 4. The second kappa shape index (κ2) is 5.32. The number of rotatable bonds is 3. The fourth-order valence-electron chi connectivity index (χ4n) is 1.10. The Balaban J connectivity index is 3.31. The molecule has 1 heterocycles. The van der Waals surface area contributed by atoms with Crippen LogP contribution in [0.5, 0.6) is 0 Å². The van der Waals surface area contributed by atoms with Gasteiger partial charge in [-0.15, -0.1) is 0 Å². The fourth-order valence-corrected chi connectivity index (χ4v) is 2.19. The van der Waals surface area contributed by atoms with E-state index in [2.05, 4.69) is 20.9 Å². The summed E-state index contributed by atoms with van der Waals surface area (Å²) in [6.07, 6.45) is -2.58. The highest BCUT2D eigenvalue weighted by Crippen LogP contribution is 2.27. The molecule has 6 heteroatoms. The first-order chi connectivity index (χ1) is 6.60. The van der Waals surface area contributed by atoms with Crippen molar-refractivity contribution < 1.29 is 13.9 Å². The molecular weight excluding hydrogens is 371 g/mol. The maximum atomic E-state index is 12.6. The van der Waals surface area contributed by atoms with Gasteiger partial charge in [0.2, 0.25) is 0 Å². The maximum Gasteiger partial charge on any atom is 0.264 e. The van der Waals surface area contributed by atoms with Crippen LogP contribution in [0, 0.1) is 3.70 Å². The molecule has 0 aliphatic carbocycles. The van der Waals surface area contributed by atoms with Crippen molar-refractivity contribution >= 4 is 38.5 Å². The molecule has 0 aliphatic rings. The predicted octanol–water partition coefficient (Wildman–Crippen LogP) is 3.01. The number of hydrogen-bond donors (Lipinski definition) is 1. The lowest BCUT2D eigenvalue weighted by Gasteiger charge is -2.10. The van der Waals surface area contributed by atoms with Crippen LogP contribution in [0.1, 0.15) is 23.2 Å². The molecule has 0 radical (unpaired) electrons. The quantitative estimate of drug-likeness (QED) is 0.499. The summed E-state index contributed by atoms with van der Waals surface area (Å²) in [5.74, 6) is 0. The first kappa shape index (κ1) is 12.3. The highest BCUT2D eigenvalue weighted by atomic mass is 127. The molecule has 0 unspecified atom stereocenters. The van der Waals surface area contributed by atoms with Gasteiger partial charge in [-0.1, -0.05) is 15.9 Å². The fraction of sp³-hybridized carbons (Fsp3) is 0.375. The number of aromatic nitrogens is 1. The van der Waals surface area contributed by atoms with Crippen molar-refractivity contribution in [2.75, 3.05) is 0 Å². The minimum Gasteiger partial charge on any atom is -0.392 e. The Labute approximate surface area is 102 Å². The largest absolute Gasteiger partial charge is 0.392 e. The van der Waals surface area contributed by atoms with Gasteiger partial charge in [-0.3, -0.25) is 0 Å². The van der Waals surface area contributed by atoms with Crippen molar-refractivity contribution in [1.29, 1.82) is 0 Å². The van der Waals surface area contributed by atoms with Crippen LogP contribution in [0.2, 0.25) is 0 Å². The van der Waals surface area contributed by atoms with Crippen molar-refractivity contribution in [1.82, 2.24) is 4.98 Å². The van der Waals surface area contributed by atoms with Crippen LogP contribution >= 0.6 is 38.5 Å². The monoisotopic (exact) mass is 377 g/mol. The summed E-state index contributed by atoms with van der Waals surface area (Å²) in [4.78, 5) is 4.05. The van der Waals surface area contributed by atoms with Gasteiger partial charge in [0, 0.05) is 16.5 Å². The highest BCUT2D eigenvalue weighted by molar-refractivity contribution is 14.1. The number of nitrogens with zero attached hydrogens (tertiary/aromatic N) is 1. The zero-order chi connectivity index (χ0) is 10.7. The number of aliphatic hydroxyl groups is 1. The second-order valence-corrected chi connectivity index (χ2v) is 4.22. The average molecular weight is 378 g/mol. The van der Waals surface area contributed by atoms with Crippen LogP contribution in [-0.4, -0.2) is 10.1 Å². The molecular formula is C8H7BrF2INO. The van der Waals surface area contributed by atoms with Crippen molar-refractivity contribution in [3.8, 4) is 0 Å². The van der Waals surface area contributed by atoms with E-state index < -0.39 is 13.0 Å². The van der Waals surface area contributed by atoms with Crippen molar-refractivity contribution in [3.05, 3.63) is 26.6 Å². The van der Waals surface area contributed by atoms with Gasteiger partial charge in [0.05, 0.1) is 12.3 Å². The Bertz CT molecular complexity index is 335. The van der Waals surface area contributed by atoms with Crippen LogP contribution in [0.3, 0.4) is 0 Å². The summed E-state index contributed by atoms with van der Waals surface area (Å²) >= 11 is 5.02.